The minimum atomic E-state index is -3.71. The van der Waals surface area contributed by atoms with Gasteiger partial charge in [0.2, 0.25) is 0 Å². The average molecular weight is 314 g/mol. The second-order valence-electron chi connectivity index (χ2n) is 5.98. The van der Waals surface area contributed by atoms with Crippen molar-refractivity contribution in [3.05, 3.63) is 24.3 Å². The standard InChI is InChI=1S/C15H22O5S/c1-11(2)19-12-6-8-13(9-7-12)21(17,18)10-14(16)20-15(3,4)5/h6-9,11H,10H2,1-5H3. The number of ether oxygens (including phenoxy) is 2. The van der Waals surface area contributed by atoms with Gasteiger partial charge < -0.3 is 9.47 Å². The van der Waals surface area contributed by atoms with E-state index in [0.29, 0.717) is 5.75 Å². The lowest BCUT2D eigenvalue weighted by atomic mass is 10.2. The van der Waals surface area contributed by atoms with Crippen molar-refractivity contribution in [3.8, 4) is 5.75 Å². The molecule has 0 aliphatic heterocycles. The Kier molecular flexibility index (Phi) is 5.39. The van der Waals surface area contributed by atoms with Crippen LogP contribution in [0.4, 0.5) is 0 Å². The maximum Gasteiger partial charge on any atom is 0.322 e. The van der Waals surface area contributed by atoms with E-state index >= 15 is 0 Å². The predicted octanol–water partition coefficient (Wildman–Crippen LogP) is 2.59. The molecule has 0 spiro atoms. The smallest absolute Gasteiger partial charge is 0.322 e. The van der Waals surface area contributed by atoms with Crippen LogP contribution in [0.3, 0.4) is 0 Å². The zero-order chi connectivity index (χ0) is 16.3. The monoisotopic (exact) mass is 314 g/mol. The van der Waals surface area contributed by atoms with Crippen molar-refractivity contribution in [2.75, 3.05) is 5.75 Å². The molecule has 0 aliphatic carbocycles. The lowest BCUT2D eigenvalue weighted by Gasteiger charge is -2.19. The molecule has 6 heteroatoms. The second-order valence-corrected chi connectivity index (χ2v) is 7.97. The number of carbonyl (C=O) groups excluding carboxylic acids is 1. The number of hydrogen-bond acceptors (Lipinski definition) is 5. The van der Waals surface area contributed by atoms with Gasteiger partial charge in [-0.3, -0.25) is 4.79 Å². The average Bonchev–Trinajstić information content (AvgIpc) is 2.24. The van der Waals surface area contributed by atoms with E-state index < -0.39 is 27.2 Å². The first-order chi connectivity index (χ1) is 9.49. The lowest BCUT2D eigenvalue weighted by molar-refractivity contribution is -0.151. The van der Waals surface area contributed by atoms with Gasteiger partial charge in [-0.1, -0.05) is 0 Å². The van der Waals surface area contributed by atoms with Crippen molar-refractivity contribution < 1.29 is 22.7 Å². The summed E-state index contributed by atoms with van der Waals surface area (Å²) in [5.74, 6) is -0.847. The molecule has 1 aromatic carbocycles. The molecule has 0 saturated heterocycles. The molecule has 0 N–H and O–H groups in total. The molecule has 1 aromatic rings. The summed E-state index contributed by atoms with van der Waals surface area (Å²) in [7, 11) is -3.71. The van der Waals surface area contributed by atoms with Crippen LogP contribution in [-0.4, -0.2) is 31.8 Å². The third-order valence-corrected chi connectivity index (χ3v) is 3.89. The number of esters is 1. The number of rotatable bonds is 5. The number of hydrogen-bond donors (Lipinski definition) is 0. The summed E-state index contributed by atoms with van der Waals surface area (Å²) in [5.41, 5.74) is -0.707. The second kappa shape index (κ2) is 6.47. The van der Waals surface area contributed by atoms with Gasteiger partial charge in [-0.2, -0.15) is 0 Å². The van der Waals surface area contributed by atoms with Crippen LogP contribution in [0.5, 0.6) is 5.75 Å². The molecule has 0 saturated carbocycles. The molecule has 0 bridgehead atoms. The van der Waals surface area contributed by atoms with Gasteiger partial charge in [0.05, 0.1) is 11.0 Å². The Morgan fingerprint density at radius 2 is 1.67 bits per heavy atom. The number of sulfone groups is 1. The normalized spacial score (nSPS) is 12.3. The molecular formula is C15H22O5S. The van der Waals surface area contributed by atoms with Crippen LogP contribution in [0.1, 0.15) is 34.6 Å². The lowest BCUT2D eigenvalue weighted by Crippen LogP contribution is -2.28. The van der Waals surface area contributed by atoms with Gasteiger partial charge in [0.15, 0.2) is 15.6 Å². The summed E-state index contributed by atoms with van der Waals surface area (Å²) in [6.45, 7) is 8.83. The molecule has 118 valence electrons. The van der Waals surface area contributed by atoms with Crippen molar-refractivity contribution in [1.82, 2.24) is 0 Å². The molecule has 0 amide bonds. The van der Waals surface area contributed by atoms with Crippen molar-refractivity contribution in [3.63, 3.8) is 0 Å². The molecule has 0 aliphatic rings. The van der Waals surface area contributed by atoms with Gasteiger partial charge in [0.25, 0.3) is 0 Å². The minimum Gasteiger partial charge on any atom is -0.491 e. The molecule has 0 radical (unpaired) electrons. The molecule has 0 atom stereocenters. The maximum atomic E-state index is 12.1. The highest BCUT2D eigenvalue weighted by Gasteiger charge is 2.24. The van der Waals surface area contributed by atoms with E-state index in [-0.39, 0.29) is 11.0 Å². The predicted molar refractivity (Wildman–Crippen MR) is 80.1 cm³/mol. The van der Waals surface area contributed by atoms with Crippen molar-refractivity contribution in [1.29, 1.82) is 0 Å². The fraction of sp³-hybridized carbons (Fsp3) is 0.533. The zero-order valence-electron chi connectivity index (χ0n) is 13.0. The fourth-order valence-corrected chi connectivity index (χ4v) is 2.69. The van der Waals surface area contributed by atoms with Gasteiger partial charge in [-0.15, -0.1) is 0 Å². The molecule has 0 unspecified atom stereocenters. The van der Waals surface area contributed by atoms with Gasteiger partial charge in [0.1, 0.15) is 11.4 Å². The van der Waals surface area contributed by atoms with E-state index in [4.69, 9.17) is 9.47 Å². The van der Waals surface area contributed by atoms with Crippen LogP contribution in [0.25, 0.3) is 0 Å². The highest BCUT2D eigenvalue weighted by molar-refractivity contribution is 7.92. The van der Waals surface area contributed by atoms with Crippen LogP contribution >= 0.6 is 0 Å². The van der Waals surface area contributed by atoms with Crippen LogP contribution in [-0.2, 0) is 19.4 Å². The summed E-state index contributed by atoms with van der Waals surface area (Å²) in [6.07, 6.45) is 0.00854. The topological polar surface area (TPSA) is 69.7 Å². The third-order valence-electron chi connectivity index (χ3n) is 2.28. The van der Waals surface area contributed by atoms with Gasteiger partial charge in [0, 0.05) is 0 Å². The number of carbonyl (C=O) groups is 1. The first-order valence-corrected chi connectivity index (χ1v) is 8.36. The SMILES string of the molecule is CC(C)Oc1ccc(S(=O)(=O)CC(=O)OC(C)(C)C)cc1. The molecular weight excluding hydrogens is 292 g/mol. The number of benzene rings is 1. The highest BCUT2D eigenvalue weighted by atomic mass is 32.2. The van der Waals surface area contributed by atoms with Crippen LogP contribution in [0, 0.1) is 0 Å². The largest absolute Gasteiger partial charge is 0.491 e. The Hall–Kier alpha value is -1.56. The summed E-state index contributed by atoms with van der Waals surface area (Å²) >= 11 is 0. The van der Waals surface area contributed by atoms with Gasteiger partial charge in [-0.05, 0) is 58.9 Å². The Morgan fingerprint density at radius 3 is 2.10 bits per heavy atom. The molecule has 0 aromatic heterocycles. The Labute approximate surface area is 126 Å². The van der Waals surface area contributed by atoms with Gasteiger partial charge >= 0.3 is 5.97 Å². The van der Waals surface area contributed by atoms with Crippen LogP contribution < -0.4 is 4.74 Å². The van der Waals surface area contributed by atoms with E-state index in [9.17, 15) is 13.2 Å². The van der Waals surface area contributed by atoms with Gasteiger partial charge in [-0.25, -0.2) is 8.42 Å². The third kappa shape index (κ3) is 6.16. The summed E-state index contributed by atoms with van der Waals surface area (Å²) in [4.78, 5) is 11.7. The van der Waals surface area contributed by atoms with Crippen molar-refractivity contribution in [2.24, 2.45) is 0 Å². The summed E-state index contributed by atoms with van der Waals surface area (Å²) < 4.78 is 34.7. The van der Waals surface area contributed by atoms with E-state index in [1.165, 1.54) is 12.1 Å². The van der Waals surface area contributed by atoms with E-state index in [1.807, 2.05) is 13.8 Å². The van der Waals surface area contributed by atoms with E-state index in [0.717, 1.165) is 0 Å². The Balaban J connectivity index is 2.81. The van der Waals surface area contributed by atoms with Crippen molar-refractivity contribution >= 4 is 15.8 Å². The van der Waals surface area contributed by atoms with Crippen LogP contribution in [0.15, 0.2) is 29.2 Å². The first kappa shape index (κ1) is 17.5. The maximum absolute atomic E-state index is 12.1. The molecule has 0 fully saturated rings. The summed E-state index contributed by atoms with van der Waals surface area (Å²) in [5, 5.41) is 0. The van der Waals surface area contributed by atoms with Crippen LogP contribution in [0.2, 0.25) is 0 Å². The molecule has 0 heterocycles. The van der Waals surface area contributed by atoms with E-state index in [1.54, 1.807) is 32.9 Å². The molecule has 5 nitrogen and oxygen atoms in total. The van der Waals surface area contributed by atoms with Crippen molar-refractivity contribution in [2.45, 2.75) is 51.2 Å². The Bertz CT molecular complexity index is 579. The van der Waals surface area contributed by atoms with E-state index in [2.05, 4.69) is 0 Å². The quantitative estimate of drug-likeness (QED) is 0.781. The first-order valence-electron chi connectivity index (χ1n) is 6.71. The molecule has 1 rings (SSSR count). The zero-order valence-corrected chi connectivity index (χ0v) is 13.9. The Morgan fingerprint density at radius 1 is 1.14 bits per heavy atom. The highest BCUT2D eigenvalue weighted by Crippen LogP contribution is 2.19. The minimum absolute atomic E-state index is 0.00854. The molecule has 21 heavy (non-hydrogen) atoms. The summed E-state index contributed by atoms with van der Waals surface area (Å²) in [6, 6.07) is 6.00. The fourth-order valence-electron chi connectivity index (χ4n) is 1.61.